The maximum absolute atomic E-state index is 11.4. The van der Waals surface area contributed by atoms with Crippen LogP contribution in [0.15, 0.2) is 23.1 Å². The second kappa shape index (κ2) is 4.07. The zero-order valence-corrected chi connectivity index (χ0v) is 9.94. The number of anilines is 1. The van der Waals surface area contributed by atoms with E-state index in [4.69, 9.17) is 10.7 Å². The molecule has 1 aliphatic rings. The van der Waals surface area contributed by atoms with E-state index in [0.29, 0.717) is 30.5 Å². The van der Waals surface area contributed by atoms with Crippen LogP contribution in [0.25, 0.3) is 0 Å². The highest BCUT2D eigenvalue weighted by Crippen LogP contribution is 2.30. The summed E-state index contributed by atoms with van der Waals surface area (Å²) in [5, 5.41) is 2.67. The molecule has 1 heterocycles. The van der Waals surface area contributed by atoms with Crippen molar-refractivity contribution in [3.05, 3.63) is 23.8 Å². The van der Waals surface area contributed by atoms with E-state index < -0.39 is 9.05 Å². The summed E-state index contributed by atoms with van der Waals surface area (Å²) in [5.41, 5.74) is 1.15. The quantitative estimate of drug-likeness (QED) is 0.784. The molecule has 1 aromatic carbocycles. The average Bonchev–Trinajstić information content (AvgIpc) is 2.35. The summed E-state index contributed by atoms with van der Waals surface area (Å²) >= 11 is 0. The number of amides is 1. The minimum atomic E-state index is -3.76. The highest BCUT2D eigenvalue weighted by molar-refractivity contribution is 8.13. The Bertz CT molecular complexity index is 539. The lowest BCUT2D eigenvalue weighted by Crippen LogP contribution is -2.09. The van der Waals surface area contributed by atoms with Gasteiger partial charge in [0, 0.05) is 22.8 Å². The van der Waals surface area contributed by atoms with Crippen molar-refractivity contribution in [3.8, 4) is 0 Å². The van der Waals surface area contributed by atoms with E-state index in [9.17, 15) is 13.2 Å². The Morgan fingerprint density at radius 3 is 2.69 bits per heavy atom. The lowest BCUT2D eigenvalue weighted by atomic mass is 10.1. The number of carbonyl (C=O) groups excluding carboxylic acids is 1. The van der Waals surface area contributed by atoms with E-state index in [-0.39, 0.29) is 10.8 Å². The summed E-state index contributed by atoms with van der Waals surface area (Å²) in [6, 6.07) is 4.71. The molecule has 16 heavy (non-hydrogen) atoms. The molecule has 1 amide bonds. The third-order valence-corrected chi connectivity index (χ3v) is 3.91. The summed E-state index contributed by atoms with van der Waals surface area (Å²) in [4.78, 5) is 11.4. The standard InChI is InChI=1S/C10H10ClNO3S/c11-16(14,15)9-5-2-4-8-7(9)3-1-6-10(13)12-8/h2,4-5H,1,3,6H2,(H,12,13). The van der Waals surface area contributed by atoms with Crippen LogP contribution in [0.4, 0.5) is 5.69 Å². The van der Waals surface area contributed by atoms with Crippen LogP contribution in [-0.2, 0) is 20.3 Å². The number of fused-ring (bicyclic) bond motifs is 1. The third-order valence-electron chi connectivity index (χ3n) is 2.50. The molecular weight excluding hydrogens is 250 g/mol. The van der Waals surface area contributed by atoms with Gasteiger partial charge in [-0.05, 0) is 30.5 Å². The van der Waals surface area contributed by atoms with Crippen LogP contribution in [-0.4, -0.2) is 14.3 Å². The number of nitrogens with one attached hydrogen (secondary N) is 1. The molecular formula is C10H10ClNO3S. The van der Waals surface area contributed by atoms with E-state index in [2.05, 4.69) is 5.32 Å². The van der Waals surface area contributed by atoms with Gasteiger partial charge in [0.1, 0.15) is 0 Å². The first-order valence-electron chi connectivity index (χ1n) is 4.85. The first-order valence-corrected chi connectivity index (χ1v) is 7.16. The highest BCUT2D eigenvalue weighted by Gasteiger charge is 2.21. The summed E-state index contributed by atoms with van der Waals surface area (Å²) < 4.78 is 22.7. The Morgan fingerprint density at radius 1 is 1.25 bits per heavy atom. The molecule has 0 fully saturated rings. The Balaban J connectivity index is 2.60. The van der Waals surface area contributed by atoms with Crippen LogP contribution in [0.3, 0.4) is 0 Å². The van der Waals surface area contributed by atoms with Gasteiger partial charge < -0.3 is 5.32 Å². The molecule has 0 spiro atoms. The molecule has 0 unspecified atom stereocenters. The van der Waals surface area contributed by atoms with Crippen molar-refractivity contribution in [2.24, 2.45) is 0 Å². The van der Waals surface area contributed by atoms with Gasteiger partial charge in [-0.15, -0.1) is 0 Å². The van der Waals surface area contributed by atoms with Crippen LogP contribution in [0, 0.1) is 0 Å². The molecule has 0 saturated carbocycles. The van der Waals surface area contributed by atoms with Crippen molar-refractivity contribution in [1.82, 2.24) is 0 Å². The van der Waals surface area contributed by atoms with Gasteiger partial charge in [-0.2, -0.15) is 0 Å². The number of rotatable bonds is 1. The predicted octanol–water partition coefficient (Wildman–Crippen LogP) is 1.89. The van der Waals surface area contributed by atoms with Crippen molar-refractivity contribution < 1.29 is 13.2 Å². The number of hydrogen-bond acceptors (Lipinski definition) is 3. The summed E-state index contributed by atoms with van der Waals surface area (Å²) in [5.74, 6) is -0.0946. The van der Waals surface area contributed by atoms with E-state index in [1.807, 2.05) is 0 Å². The van der Waals surface area contributed by atoms with Gasteiger partial charge in [-0.25, -0.2) is 8.42 Å². The molecule has 4 nitrogen and oxygen atoms in total. The van der Waals surface area contributed by atoms with Crippen molar-refractivity contribution in [1.29, 1.82) is 0 Å². The van der Waals surface area contributed by atoms with Crippen molar-refractivity contribution in [2.75, 3.05) is 5.32 Å². The Morgan fingerprint density at radius 2 is 2.00 bits per heavy atom. The molecule has 0 saturated heterocycles. The van der Waals surface area contributed by atoms with Gasteiger partial charge in [0.2, 0.25) is 5.91 Å². The maximum atomic E-state index is 11.4. The fourth-order valence-electron chi connectivity index (χ4n) is 1.81. The van der Waals surface area contributed by atoms with Crippen molar-refractivity contribution in [3.63, 3.8) is 0 Å². The van der Waals surface area contributed by atoms with Crippen molar-refractivity contribution >= 4 is 31.3 Å². The zero-order chi connectivity index (χ0) is 11.8. The zero-order valence-electron chi connectivity index (χ0n) is 8.36. The fourth-order valence-corrected chi connectivity index (χ4v) is 2.99. The first kappa shape index (κ1) is 11.4. The molecule has 0 aromatic heterocycles. The SMILES string of the molecule is O=C1CCCc2c(cccc2S(=O)(=O)Cl)N1. The van der Waals surface area contributed by atoms with Crippen LogP contribution < -0.4 is 5.32 Å². The van der Waals surface area contributed by atoms with Gasteiger partial charge in [0.05, 0.1) is 4.90 Å². The Labute approximate surface area is 98.0 Å². The maximum Gasteiger partial charge on any atom is 0.261 e. The largest absolute Gasteiger partial charge is 0.326 e. The van der Waals surface area contributed by atoms with Gasteiger partial charge in [0.15, 0.2) is 0 Å². The normalized spacial score (nSPS) is 16.2. The van der Waals surface area contributed by atoms with E-state index in [0.717, 1.165) is 0 Å². The van der Waals surface area contributed by atoms with Crippen molar-refractivity contribution in [2.45, 2.75) is 24.2 Å². The highest BCUT2D eigenvalue weighted by atomic mass is 35.7. The molecule has 0 bridgehead atoms. The minimum Gasteiger partial charge on any atom is -0.326 e. The molecule has 6 heteroatoms. The van der Waals surface area contributed by atoms with Gasteiger partial charge >= 0.3 is 0 Å². The van der Waals surface area contributed by atoms with Crippen LogP contribution in [0.1, 0.15) is 18.4 Å². The lowest BCUT2D eigenvalue weighted by Gasteiger charge is -2.09. The summed E-state index contributed by atoms with van der Waals surface area (Å²) in [6.07, 6.45) is 1.56. The number of carbonyl (C=O) groups is 1. The molecule has 0 radical (unpaired) electrons. The first-order chi connectivity index (χ1) is 7.48. The van der Waals surface area contributed by atoms with E-state index in [1.165, 1.54) is 6.07 Å². The summed E-state index contributed by atoms with van der Waals surface area (Å²) in [6.45, 7) is 0. The average molecular weight is 260 g/mol. The van der Waals surface area contributed by atoms with Crippen LogP contribution in [0.2, 0.25) is 0 Å². The summed E-state index contributed by atoms with van der Waals surface area (Å²) in [7, 11) is 1.59. The molecule has 1 aromatic rings. The number of benzene rings is 1. The number of halogens is 1. The lowest BCUT2D eigenvalue weighted by molar-refractivity contribution is -0.116. The fraction of sp³-hybridized carbons (Fsp3) is 0.300. The second-order valence-electron chi connectivity index (χ2n) is 3.62. The van der Waals surface area contributed by atoms with Gasteiger partial charge in [-0.3, -0.25) is 4.79 Å². The molecule has 2 rings (SSSR count). The van der Waals surface area contributed by atoms with Gasteiger partial charge in [-0.1, -0.05) is 6.07 Å². The Hall–Kier alpha value is -1.07. The molecule has 1 aliphatic heterocycles. The van der Waals surface area contributed by atoms with Crippen LogP contribution in [0.5, 0.6) is 0 Å². The smallest absolute Gasteiger partial charge is 0.261 e. The van der Waals surface area contributed by atoms with E-state index >= 15 is 0 Å². The molecule has 0 aliphatic carbocycles. The topological polar surface area (TPSA) is 63.2 Å². The molecule has 0 atom stereocenters. The van der Waals surface area contributed by atoms with Gasteiger partial charge in [0.25, 0.3) is 9.05 Å². The molecule has 1 N–H and O–H groups in total. The Kier molecular flexibility index (Phi) is 2.90. The monoisotopic (exact) mass is 259 g/mol. The third kappa shape index (κ3) is 2.20. The van der Waals surface area contributed by atoms with Crippen LogP contribution >= 0.6 is 10.7 Å². The predicted molar refractivity (Wildman–Crippen MR) is 61.0 cm³/mol. The minimum absolute atomic E-state index is 0.0915. The molecule has 86 valence electrons. The number of hydrogen-bond donors (Lipinski definition) is 1. The van der Waals surface area contributed by atoms with E-state index in [1.54, 1.807) is 12.1 Å². The second-order valence-corrected chi connectivity index (χ2v) is 6.16.